The molecule has 0 saturated heterocycles. The van der Waals surface area contributed by atoms with Gasteiger partial charge in [-0.15, -0.1) is 0 Å². The Morgan fingerprint density at radius 2 is 2.14 bits per heavy atom. The molecule has 1 aliphatic rings. The van der Waals surface area contributed by atoms with E-state index in [0.717, 1.165) is 28.0 Å². The van der Waals surface area contributed by atoms with Crippen molar-refractivity contribution in [1.82, 2.24) is 20.3 Å². The van der Waals surface area contributed by atoms with Crippen LogP contribution in [0.15, 0.2) is 42.7 Å². The minimum Gasteiger partial charge on any atom is -0.492 e. The maximum atomic E-state index is 14.2. The summed E-state index contributed by atoms with van der Waals surface area (Å²) in [5.41, 5.74) is 4.72. The number of H-pyrrole nitrogens is 2. The molecule has 29 heavy (non-hydrogen) atoms. The highest BCUT2D eigenvalue weighted by molar-refractivity contribution is 6.08. The van der Waals surface area contributed by atoms with Crippen LogP contribution in [0.25, 0.3) is 22.3 Å². The number of aromatic amines is 2. The summed E-state index contributed by atoms with van der Waals surface area (Å²) < 4.78 is 19.4. The van der Waals surface area contributed by atoms with Crippen LogP contribution >= 0.6 is 0 Å². The molecule has 0 spiro atoms. The van der Waals surface area contributed by atoms with Crippen molar-refractivity contribution in [2.24, 2.45) is 0 Å². The normalized spacial score (nSPS) is 13.2. The van der Waals surface area contributed by atoms with Gasteiger partial charge >= 0.3 is 0 Å². The Labute approximate surface area is 165 Å². The van der Waals surface area contributed by atoms with E-state index in [1.165, 1.54) is 13.2 Å². The summed E-state index contributed by atoms with van der Waals surface area (Å²) in [5, 5.41) is 7.03. The highest BCUT2D eigenvalue weighted by Gasteiger charge is 2.28. The number of aromatic nitrogens is 3. The number of nitrogens with zero attached hydrogens (tertiary/aromatic N) is 1. The van der Waals surface area contributed by atoms with Gasteiger partial charge in [0.15, 0.2) is 11.6 Å². The van der Waals surface area contributed by atoms with E-state index in [9.17, 15) is 9.18 Å². The molecule has 0 unspecified atom stereocenters. The second-order valence-corrected chi connectivity index (χ2v) is 6.78. The number of halogens is 1. The molecule has 0 radical (unpaired) electrons. The Balaban J connectivity index is 1.73. The Hall–Kier alpha value is -3.81. The van der Waals surface area contributed by atoms with Crippen molar-refractivity contribution in [3.05, 3.63) is 59.8 Å². The Bertz CT molecular complexity index is 1240. The fourth-order valence-corrected chi connectivity index (χ4v) is 3.82. The Morgan fingerprint density at radius 3 is 3.00 bits per heavy atom. The van der Waals surface area contributed by atoms with Crippen molar-refractivity contribution in [2.45, 2.75) is 6.42 Å². The summed E-state index contributed by atoms with van der Waals surface area (Å²) in [6.07, 6.45) is 4.24. The molecule has 4 N–H and O–H groups in total. The van der Waals surface area contributed by atoms with Crippen molar-refractivity contribution >= 4 is 28.3 Å². The number of carbonyl (C=O) groups excluding carboxylic acids is 1. The minimum absolute atomic E-state index is 0.0882. The molecule has 1 aromatic carbocycles. The zero-order valence-electron chi connectivity index (χ0n) is 15.6. The van der Waals surface area contributed by atoms with Gasteiger partial charge in [0.2, 0.25) is 0 Å². The molecule has 3 aromatic heterocycles. The number of para-hydroxylation sites is 1. The van der Waals surface area contributed by atoms with Gasteiger partial charge in [0.1, 0.15) is 5.65 Å². The number of ether oxygens (including phenoxy) is 1. The van der Waals surface area contributed by atoms with Crippen molar-refractivity contribution in [2.75, 3.05) is 19.0 Å². The van der Waals surface area contributed by atoms with Gasteiger partial charge in [-0.05, 0) is 24.3 Å². The highest BCUT2D eigenvalue weighted by atomic mass is 19.1. The maximum absolute atomic E-state index is 14.2. The number of fused-ring (bicyclic) bond motifs is 2. The molecule has 0 saturated carbocycles. The predicted octanol–water partition coefficient (Wildman–Crippen LogP) is 3.74. The molecule has 8 heteroatoms. The first-order chi connectivity index (χ1) is 14.2. The third kappa shape index (κ3) is 2.72. The average Bonchev–Trinajstić information content (AvgIpc) is 3.30. The van der Waals surface area contributed by atoms with Gasteiger partial charge in [-0.1, -0.05) is 6.07 Å². The monoisotopic (exact) mass is 391 g/mol. The predicted molar refractivity (Wildman–Crippen MR) is 108 cm³/mol. The van der Waals surface area contributed by atoms with Gasteiger partial charge < -0.3 is 25.3 Å². The third-order valence-electron chi connectivity index (χ3n) is 5.12. The van der Waals surface area contributed by atoms with E-state index >= 15 is 0 Å². The number of methoxy groups -OCH3 is 1. The first kappa shape index (κ1) is 17.3. The molecule has 7 nitrogen and oxygen atoms in total. The maximum Gasteiger partial charge on any atom is 0.255 e. The molecule has 146 valence electrons. The Morgan fingerprint density at radius 1 is 1.24 bits per heavy atom. The fraction of sp³-hybridized carbons (Fsp3) is 0.143. The second kappa shape index (κ2) is 6.66. The van der Waals surface area contributed by atoms with Crippen molar-refractivity contribution in [3.8, 4) is 17.0 Å². The first-order valence-corrected chi connectivity index (χ1v) is 9.22. The van der Waals surface area contributed by atoms with Crippen LogP contribution in [0, 0.1) is 5.82 Å². The zero-order chi connectivity index (χ0) is 20.0. The van der Waals surface area contributed by atoms with E-state index in [2.05, 4.69) is 25.6 Å². The number of pyridine rings is 1. The van der Waals surface area contributed by atoms with E-state index in [1.807, 2.05) is 18.3 Å². The van der Waals surface area contributed by atoms with Gasteiger partial charge in [-0.25, -0.2) is 9.37 Å². The van der Waals surface area contributed by atoms with Crippen LogP contribution in [0.4, 0.5) is 15.8 Å². The van der Waals surface area contributed by atoms with Gasteiger partial charge in [0.25, 0.3) is 5.91 Å². The topological polar surface area (TPSA) is 94.8 Å². The summed E-state index contributed by atoms with van der Waals surface area (Å²) in [4.78, 5) is 23.6. The van der Waals surface area contributed by atoms with E-state index < -0.39 is 5.82 Å². The lowest BCUT2D eigenvalue weighted by Crippen LogP contribution is -2.31. The number of hydrogen-bond acceptors (Lipinski definition) is 4. The molecule has 1 aliphatic heterocycles. The third-order valence-corrected chi connectivity index (χ3v) is 5.12. The van der Waals surface area contributed by atoms with E-state index in [4.69, 9.17) is 4.74 Å². The molecule has 1 amide bonds. The van der Waals surface area contributed by atoms with Crippen molar-refractivity contribution < 1.29 is 13.9 Å². The van der Waals surface area contributed by atoms with Crippen LogP contribution in [0.3, 0.4) is 0 Å². The molecule has 0 aliphatic carbocycles. The molecular formula is C21H18FN5O2. The number of hydrogen-bond donors (Lipinski definition) is 4. The van der Waals surface area contributed by atoms with Crippen LogP contribution in [0.2, 0.25) is 0 Å². The number of nitrogens with one attached hydrogen (secondary N) is 4. The van der Waals surface area contributed by atoms with Crippen LogP contribution in [-0.2, 0) is 6.42 Å². The van der Waals surface area contributed by atoms with Gasteiger partial charge in [0.05, 0.1) is 29.7 Å². The molecular weight excluding hydrogens is 373 g/mol. The largest absolute Gasteiger partial charge is 0.492 e. The standard InChI is InChI=1S/C21H18FN5O2/c1-29-19-13(22)5-2-6-15(19)27-18-16-14(7-9-24-21(16)28)26-17(18)12-10-25-20-11(12)4-3-8-23-20/h2-6,8,10,26-27H,7,9H2,1H3,(H,23,25)(H,24,28). The van der Waals surface area contributed by atoms with Crippen LogP contribution in [0.1, 0.15) is 16.1 Å². The molecule has 4 aromatic rings. The summed E-state index contributed by atoms with van der Waals surface area (Å²) in [5.74, 6) is -0.570. The number of anilines is 2. The van der Waals surface area contributed by atoms with Gasteiger partial charge in [0, 0.05) is 42.0 Å². The van der Waals surface area contributed by atoms with E-state index in [0.29, 0.717) is 29.9 Å². The SMILES string of the molecule is COc1c(F)cccc1Nc1c(-c2c[nH]c3ncccc23)[nH]c2c1C(=O)NCC2. The van der Waals surface area contributed by atoms with Crippen molar-refractivity contribution in [1.29, 1.82) is 0 Å². The summed E-state index contributed by atoms with van der Waals surface area (Å²) in [7, 11) is 1.41. The molecule has 4 heterocycles. The molecule has 0 atom stereocenters. The van der Waals surface area contributed by atoms with Crippen molar-refractivity contribution in [3.63, 3.8) is 0 Å². The molecule has 0 fully saturated rings. The van der Waals surface area contributed by atoms with Crippen LogP contribution in [-0.4, -0.2) is 34.5 Å². The summed E-state index contributed by atoms with van der Waals surface area (Å²) >= 11 is 0. The number of carbonyl (C=O) groups is 1. The van der Waals surface area contributed by atoms with Crippen LogP contribution < -0.4 is 15.4 Å². The number of rotatable bonds is 4. The fourth-order valence-electron chi connectivity index (χ4n) is 3.82. The first-order valence-electron chi connectivity index (χ1n) is 9.22. The van der Waals surface area contributed by atoms with E-state index in [1.54, 1.807) is 18.3 Å². The quantitative estimate of drug-likeness (QED) is 0.426. The molecule has 0 bridgehead atoms. The second-order valence-electron chi connectivity index (χ2n) is 6.78. The lowest BCUT2D eigenvalue weighted by Gasteiger charge is -2.16. The number of amides is 1. The minimum atomic E-state index is -0.482. The lowest BCUT2D eigenvalue weighted by atomic mass is 10.0. The Kier molecular flexibility index (Phi) is 3.97. The van der Waals surface area contributed by atoms with Gasteiger partial charge in [-0.3, -0.25) is 4.79 Å². The van der Waals surface area contributed by atoms with Crippen LogP contribution in [0.5, 0.6) is 5.75 Å². The van der Waals surface area contributed by atoms with Gasteiger partial charge in [-0.2, -0.15) is 0 Å². The average molecular weight is 391 g/mol. The zero-order valence-corrected chi connectivity index (χ0v) is 15.6. The number of benzene rings is 1. The molecule has 5 rings (SSSR count). The summed E-state index contributed by atoms with van der Waals surface area (Å²) in [6.45, 7) is 0.559. The lowest BCUT2D eigenvalue weighted by molar-refractivity contribution is 0.0947. The van der Waals surface area contributed by atoms with E-state index in [-0.39, 0.29) is 11.7 Å². The smallest absolute Gasteiger partial charge is 0.255 e. The summed E-state index contributed by atoms with van der Waals surface area (Å²) in [6, 6.07) is 8.45. The highest BCUT2D eigenvalue weighted by Crippen LogP contribution is 2.41.